The Kier molecular flexibility index (Phi) is 4.84. The van der Waals surface area contributed by atoms with Crippen LogP contribution in [0.25, 0.3) is 0 Å². The van der Waals surface area contributed by atoms with Crippen LogP contribution >= 0.6 is 0 Å². The normalized spacial score (nSPS) is 17.3. The number of fused-ring (bicyclic) bond motifs is 1. The lowest BCUT2D eigenvalue weighted by Crippen LogP contribution is -2.10. The largest absolute Gasteiger partial charge is 0.491 e. The van der Waals surface area contributed by atoms with Gasteiger partial charge in [-0.05, 0) is 18.6 Å². The quantitative estimate of drug-likeness (QED) is 0.755. The Balaban J connectivity index is 1.74. The van der Waals surface area contributed by atoms with Crippen molar-refractivity contribution in [3.63, 3.8) is 0 Å². The second-order valence-electron chi connectivity index (χ2n) is 4.43. The molecule has 1 unspecified atom stereocenters. The molecule has 0 saturated carbocycles. The summed E-state index contributed by atoms with van der Waals surface area (Å²) in [5.41, 5.74) is 6.94. The Labute approximate surface area is 108 Å². The molecule has 1 aromatic rings. The minimum atomic E-state index is -0.00794. The molecule has 1 aromatic carbocycles. The molecule has 0 bridgehead atoms. The predicted octanol–water partition coefficient (Wildman–Crippen LogP) is 2.27. The van der Waals surface area contributed by atoms with Crippen LogP contribution in [0.15, 0.2) is 18.2 Å². The number of ether oxygens (including phenoxy) is 3. The highest BCUT2D eigenvalue weighted by molar-refractivity contribution is 5.44. The molecule has 1 atom stereocenters. The van der Waals surface area contributed by atoms with Crippen molar-refractivity contribution in [1.82, 2.24) is 0 Å². The first kappa shape index (κ1) is 13.2. The van der Waals surface area contributed by atoms with Crippen LogP contribution in [-0.2, 0) is 4.74 Å². The first-order valence-corrected chi connectivity index (χ1v) is 6.54. The smallest absolute Gasteiger partial charge is 0.127 e. The molecule has 1 heterocycles. The van der Waals surface area contributed by atoms with E-state index in [0.29, 0.717) is 19.8 Å². The fourth-order valence-corrected chi connectivity index (χ4v) is 1.87. The lowest BCUT2D eigenvalue weighted by Gasteiger charge is -2.08. The number of benzene rings is 1. The summed E-state index contributed by atoms with van der Waals surface area (Å²) in [4.78, 5) is 0. The summed E-state index contributed by atoms with van der Waals surface area (Å²) in [5, 5.41) is 0. The van der Waals surface area contributed by atoms with Gasteiger partial charge in [-0.2, -0.15) is 0 Å². The van der Waals surface area contributed by atoms with Gasteiger partial charge in [-0.3, -0.25) is 0 Å². The van der Waals surface area contributed by atoms with Crippen molar-refractivity contribution in [2.45, 2.75) is 25.8 Å². The molecule has 2 N–H and O–H groups in total. The van der Waals surface area contributed by atoms with E-state index in [1.807, 2.05) is 18.2 Å². The van der Waals surface area contributed by atoms with Gasteiger partial charge in [-0.1, -0.05) is 13.3 Å². The van der Waals surface area contributed by atoms with E-state index in [-0.39, 0.29) is 6.04 Å². The summed E-state index contributed by atoms with van der Waals surface area (Å²) in [6.07, 6.45) is 2.26. The van der Waals surface area contributed by atoms with E-state index in [9.17, 15) is 0 Å². The van der Waals surface area contributed by atoms with Gasteiger partial charge in [-0.15, -0.1) is 0 Å². The summed E-state index contributed by atoms with van der Waals surface area (Å²) in [7, 11) is 0. The molecule has 100 valence electrons. The van der Waals surface area contributed by atoms with Gasteiger partial charge in [0.05, 0.1) is 12.6 Å². The molecule has 18 heavy (non-hydrogen) atoms. The van der Waals surface area contributed by atoms with Gasteiger partial charge < -0.3 is 19.9 Å². The Hall–Kier alpha value is -1.26. The lowest BCUT2D eigenvalue weighted by molar-refractivity contribution is 0.0980. The van der Waals surface area contributed by atoms with Crippen molar-refractivity contribution in [2.75, 3.05) is 26.4 Å². The highest BCUT2D eigenvalue weighted by Crippen LogP contribution is 2.33. The van der Waals surface area contributed by atoms with E-state index in [0.717, 1.165) is 36.5 Å². The van der Waals surface area contributed by atoms with E-state index in [4.69, 9.17) is 19.9 Å². The van der Waals surface area contributed by atoms with Gasteiger partial charge >= 0.3 is 0 Å². The molecule has 0 amide bonds. The van der Waals surface area contributed by atoms with Crippen molar-refractivity contribution in [3.05, 3.63) is 23.8 Å². The monoisotopic (exact) mass is 251 g/mol. The second kappa shape index (κ2) is 6.61. The van der Waals surface area contributed by atoms with Crippen LogP contribution in [0.3, 0.4) is 0 Å². The van der Waals surface area contributed by atoms with Crippen LogP contribution in [0.1, 0.15) is 31.4 Å². The predicted molar refractivity (Wildman–Crippen MR) is 70.1 cm³/mol. The van der Waals surface area contributed by atoms with Crippen LogP contribution in [0.2, 0.25) is 0 Å². The van der Waals surface area contributed by atoms with Gasteiger partial charge in [0, 0.05) is 18.2 Å². The Morgan fingerprint density at radius 3 is 3.06 bits per heavy atom. The molecule has 2 rings (SSSR count). The number of rotatable bonds is 7. The standard InChI is InChI=1S/C14H21NO3/c1-2-3-6-16-7-8-17-11-4-5-12-13(15)10-18-14(12)9-11/h4-5,9,13H,2-3,6-8,10,15H2,1H3. The molecule has 0 aromatic heterocycles. The lowest BCUT2D eigenvalue weighted by atomic mass is 10.1. The van der Waals surface area contributed by atoms with Crippen LogP contribution in [-0.4, -0.2) is 26.4 Å². The topological polar surface area (TPSA) is 53.7 Å². The Morgan fingerprint density at radius 2 is 2.22 bits per heavy atom. The number of unbranched alkanes of at least 4 members (excludes halogenated alkanes) is 1. The summed E-state index contributed by atoms with van der Waals surface area (Å²) in [5.74, 6) is 1.65. The van der Waals surface area contributed by atoms with Crippen molar-refractivity contribution in [2.24, 2.45) is 5.73 Å². The van der Waals surface area contributed by atoms with E-state index in [1.54, 1.807) is 0 Å². The number of hydrogen-bond acceptors (Lipinski definition) is 4. The minimum absolute atomic E-state index is 0.00794. The maximum atomic E-state index is 5.88. The van der Waals surface area contributed by atoms with Crippen LogP contribution in [0.4, 0.5) is 0 Å². The van der Waals surface area contributed by atoms with Gasteiger partial charge in [-0.25, -0.2) is 0 Å². The van der Waals surface area contributed by atoms with Crippen LogP contribution in [0, 0.1) is 0 Å². The summed E-state index contributed by atoms with van der Waals surface area (Å²) in [6.45, 7) is 4.70. The number of nitrogens with two attached hydrogens (primary N) is 1. The van der Waals surface area contributed by atoms with Gasteiger partial charge in [0.25, 0.3) is 0 Å². The SMILES string of the molecule is CCCCOCCOc1ccc2c(c1)OCC2N. The zero-order valence-corrected chi connectivity index (χ0v) is 10.9. The van der Waals surface area contributed by atoms with E-state index in [2.05, 4.69) is 6.92 Å². The molecule has 4 heteroatoms. The zero-order valence-electron chi connectivity index (χ0n) is 10.9. The first-order chi connectivity index (χ1) is 8.81. The van der Waals surface area contributed by atoms with Crippen molar-refractivity contribution < 1.29 is 14.2 Å². The van der Waals surface area contributed by atoms with Crippen molar-refractivity contribution >= 4 is 0 Å². The Bertz CT molecular complexity index is 381. The molecule has 0 radical (unpaired) electrons. The molecule has 0 fully saturated rings. The average molecular weight is 251 g/mol. The fraction of sp³-hybridized carbons (Fsp3) is 0.571. The summed E-state index contributed by atoms with van der Waals surface area (Å²) >= 11 is 0. The molecule has 0 spiro atoms. The third-order valence-corrected chi connectivity index (χ3v) is 2.94. The molecular weight excluding hydrogens is 230 g/mol. The minimum Gasteiger partial charge on any atom is -0.491 e. The molecule has 0 aliphatic carbocycles. The second-order valence-corrected chi connectivity index (χ2v) is 4.43. The van der Waals surface area contributed by atoms with Crippen LogP contribution < -0.4 is 15.2 Å². The van der Waals surface area contributed by atoms with Crippen molar-refractivity contribution in [1.29, 1.82) is 0 Å². The summed E-state index contributed by atoms with van der Waals surface area (Å²) in [6, 6.07) is 5.79. The van der Waals surface area contributed by atoms with E-state index < -0.39 is 0 Å². The van der Waals surface area contributed by atoms with E-state index in [1.165, 1.54) is 0 Å². The molecular formula is C14H21NO3. The number of hydrogen-bond donors (Lipinski definition) is 1. The van der Waals surface area contributed by atoms with Gasteiger partial charge in [0.15, 0.2) is 0 Å². The van der Waals surface area contributed by atoms with Crippen molar-refractivity contribution in [3.8, 4) is 11.5 Å². The maximum absolute atomic E-state index is 5.88. The summed E-state index contributed by atoms with van der Waals surface area (Å²) < 4.78 is 16.5. The van der Waals surface area contributed by atoms with E-state index >= 15 is 0 Å². The molecule has 1 aliphatic rings. The first-order valence-electron chi connectivity index (χ1n) is 6.54. The fourth-order valence-electron chi connectivity index (χ4n) is 1.87. The highest BCUT2D eigenvalue weighted by Gasteiger charge is 2.20. The zero-order chi connectivity index (χ0) is 12.8. The third-order valence-electron chi connectivity index (χ3n) is 2.94. The Morgan fingerprint density at radius 1 is 1.33 bits per heavy atom. The van der Waals surface area contributed by atoms with Gasteiger partial charge in [0.1, 0.15) is 24.7 Å². The van der Waals surface area contributed by atoms with Gasteiger partial charge in [0.2, 0.25) is 0 Å². The third kappa shape index (κ3) is 3.37. The molecule has 4 nitrogen and oxygen atoms in total. The maximum Gasteiger partial charge on any atom is 0.127 e. The highest BCUT2D eigenvalue weighted by atomic mass is 16.5. The van der Waals surface area contributed by atoms with Crippen LogP contribution in [0.5, 0.6) is 11.5 Å². The molecule has 1 aliphatic heterocycles. The average Bonchev–Trinajstić information content (AvgIpc) is 2.75. The molecule has 0 saturated heterocycles.